The van der Waals surface area contributed by atoms with Crippen molar-refractivity contribution in [3.63, 3.8) is 0 Å². The molecule has 0 radical (unpaired) electrons. The van der Waals surface area contributed by atoms with Gasteiger partial charge in [0.15, 0.2) is 6.29 Å². The van der Waals surface area contributed by atoms with Crippen LogP contribution in [-0.2, 0) is 11.3 Å². The number of benzene rings is 1. The molecule has 6 heteroatoms. The number of methoxy groups -OCH3 is 1. The summed E-state index contributed by atoms with van der Waals surface area (Å²) < 4.78 is 7.33. The number of fused-ring (bicyclic) bond motifs is 1. The molecule has 2 aliphatic rings. The maximum atomic E-state index is 10.3. The lowest BCUT2D eigenvalue weighted by Gasteiger charge is -2.21. The van der Waals surface area contributed by atoms with Gasteiger partial charge in [-0.15, -0.1) is 0 Å². The number of aliphatic hydroxyl groups is 1. The monoisotopic (exact) mass is 406 g/mol. The van der Waals surface area contributed by atoms with Crippen LogP contribution in [0.25, 0.3) is 10.9 Å². The molecule has 2 saturated carbocycles. The number of nitrogens with zero attached hydrogens (tertiary/aromatic N) is 3. The van der Waals surface area contributed by atoms with Crippen molar-refractivity contribution in [2.24, 2.45) is 5.92 Å². The average Bonchev–Trinajstić information content (AvgIpc) is 3.56. The fraction of sp³-hybridized carbons (Fsp3) is 0.500. The number of rotatable bonds is 7. The van der Waals surface area contributed by atoms with Gasteiger partial charge < -0.3 is 15.2 Å². The van der Waals surface area contributed by atoms with Crippen molar-refractivity contribution in [1.29, 1.82) is 0 Å². The fourth-order valence-electron chi connectivity index (χ4n) is 4.62. The minimum absolute atomic E-state index is 0.570. The normalized spacial score (nSPS) is 18.6. The van der Waals surface area contributed by atoms with Gasteiger partial charge in [0, 0.05) is 30.9 Å². The van der Waals surface area contributed by atoms with Gasteiger partial charge in [0.2, 0.25) is 0 Å². The van der Waals surface area contributed by atoms with Crippen LogP contribution in [-0.4, -0.2) is 27.0 Å². The molecule has 30 heavy (non-hydrogen) atoms. The lowest BCUT2D eigenvalue weighted by Crippen LogP contribution is -2.14. The van der Waals surface area contributed by atoms with Crippen molar-refractivity contribution in [1.82, 2.24) is 14.8 Å². The minimum Gasteiger partial charge on any atom is -0.364 e. The molecule has 2 aliphatic carbocycles. The lowest BCUT2D eigenvalue weighted by molar-refractivity contribution is -0.0766. The number of aliphatic hydroxyl groups excluding tert-OH is 1. The molecule has 0 saturated heterocycles. The Kier molecular flexibility index (Phi) is 5.44. The van der Waals surface area contributed by atoms with Crippen LogP contribution in [0.2, 0.25) is 0 Å². The van der Waals surface area contributed by atoms with Crippen LogP contribution in [0.5, 0.6) is 0 Å². The average molecular weight is 407 g/mol. The minimum atomic E-state index is -0.999. The highest BCUT2D eigenvalue weighted by molar-refractivity contribution is 5.83. The molecule has 3 aromatic rings. The van der Waals surface area contributed by atoms with Crippen molar-refractivity contribution in [3.05, 3.63) is 47.8 Å². The first kappa shape index (κ1) is 19.5. The van der Waals surface area contributed by atoms with Crippen LogP contribution in [0.3, 0.4) is 0 Å². The third-order valence-electron chi connectivity index (χ3n) is 6.54. The Balaban J connectivity index is 1.37. The Morgan fingerprint density at radius 3 is 2.73 bits per heavy atom. The third kappa shape index (κ3) is 4.07. The van der Waals surface area contributed by atoms with Crippen molar-refractivity contribution in [3.8, 4) is 0 Å². The fourth-order valence-corrected chi connectivity index (χ4v) is 4.62. The number of aromatic nitrogens is 3. The number of hydrogen-bond acceptors (Lipinski definition) is 5. The van der Waals surface area contributed by atoms with E-state index in [9.17, 15) is 5.11 Å². The van der Waals surface area contributed by atoms with E-state index in [0.29, 0.717) is 17.3 Å². The smallest absolute Gasteiger partial charge is 0.184 e. The second-order valence-electron chi connectivity index (χ2n) is 8.80. The zero-order chi connectivity index (χ0) is 20.5. The predicted molar refractivity (Wildman–Crippen MR) is 118 cm³/mol. The quantitative estimate of drug-likeness (QED) is 0.523. The van der Waals surface area contributed by atoms with E-state index in [4.69, 9.17) is 4.74 Å². The van der Waals surface area contributed by atoms with Crippen LogP contribution in [0, 0.1) is 5.92 Å². The Hall–Kier alpha value is -2.44. The third-order valence-corrected chi connectivity index (χ3v) is 6.54. The molecule has 0 bridgehead atoms. The zero-order valence-electron chi connectivity index (χ0n) is 17.6. The highest BCUT2D eigenvalue weighted by Gasteiger charge is 2.26. The molecule has 2 N–H and O–H groups in total. The molecule has 2 aromatic heterocycles. The Morgan fingerprint density at radius 2 is 1.97 bits per heavy atom. The number of hydrogen-bond donors (Lipinski definition) is 2. The van der Waals surface area contributed by atoms with Crippen molar-refractivity contribution < 1.29 is 9.84 Å². The summed E-state index contributed by atoms with van der Waals surface area (Å²) in [5, 5.41) is 19.5. The Morgan fingerprint density at radius 1 is 1.13 bits per heavy atom. The molecule has 158 valence electrons. The van der Waals surface area contributed by atoms with E-state index >= 15 is 0 Å². The molecule has 2 heterocycles. The van der Waals surface area contributed by atoms with Crippen molar-refractivity contribution >= 4 is 22.4 Å². The summed E-state index contributed by atoms with van der Waals surface area (Å²) in [4.78, 5) is 4.59. The van der Waals surface area contributed by atoms with Gasteiger partial charge in [-0.25, -0.2) is 4.98 Å². The SMILES string of the molecule is COC(O)c1cc(C2CC2)cnc1Nc1ccc2c(cnn2CC2CCCCC2)c1. The summed E-state index contributed by atoms with van der Waals surface area (Å²) in [6.07, 6.45) is 11.9. The summed E-state index contributed by atoms with van der Waals surface area (Å²) in [5.41, 5.74) is 3.94. The number of pyridine rings is 1. The molecule has 6 nitrogen and oxygen atoms in total. The van der Waals surface area contributed by atoms with Crippen LogP contribution in [0.1, 0.15) is 68.3 Å². The van der Waals surface area contributed by atoms with Gasteiger partial charge in [-0.05, 0) is 67.3 Å². The summed E-state index contributed by atoms with van der Waals surface area (Å²) in [6, 6.07) is 8.29. The number of ether oxygens (including phenoxy) is 1. The molecule has 0 spiro atoms. The summed E-state index contributed by atoms with van der Waals surface area (Å²) in [6.45, 7) is 1.00. The van der Waals surface area contributed by atoms with Crippen molar-refractivity contribution in [2.75, 3.05) is 12.4 Å². The lowest BCUT2D eigenvalue weighted by atomic mass is 9.89. The van der Waals surface area contributed by atoms with E-state index in [1.165, 1.54) is 63.1 Å². The molecular weight excluding hydrogens is 376 g/mol. The molecular formula is C24H30N4O2. The molecule has 0 aliphatic heterocycles. The molecule has 5 rings (SSSR count). The van der Waals surface area contributed by atoms with Gasteiger partial charge in [-0.1, -0.05) is 19.3 Å². The largest absolute Gasteiger partial charge is 0.364 e. The number of anilines is 2. The van der Waals surface area contributed by atoms with Gasteiger partial charge in [0.05, 0.1) is 17.3 Å². The Labute approximate surface area is 177 Å². The second-order valence-corrected chi connectivity index (χ2v) is 8.80. The highest BCUT2D eigenvalue weighted by Crippen LogP contribution is 2.41. The first-order valence-electron chi connectivity index (χ1n) is 11.1. The summed E-state index contributed by atoms with van der Waals surface area (Å²) in [7, 11) is 1.50. The van der Waals surface area contributed by atoms with E-state index in [2.05, 4.69) is 38.3 Å². The summed E-state index contributed by atoms with van der Waals surface area (Å²) in [5.74, 6) is 1.94. The second kappa shape index (κ2) is 8.36. The standard InChI is InChI=1S/C24H30N4O2/c1-30-24(29)21-12-18(17-7-8-17)13-25-23(21)27-20-9-10-22-19(11-20)14-26-28(22)15-16-5-3-2-4-6-16/h9-14,16-17,24,29H,2-8,15H2,1H3,(H,25,27). The van der Waals surface area contributed by atoms with Crippen molar-refractivity contribution in [2.45, 2.75) is 63.7 Å². The molecule has 1 atom stereocenters. The van der Waals surface area contributed by atoms with E-state index in [1.807, 2.05) is 18.5 Å². The first-order chi connectivity index (χ1) is 14.7. The molecule has 0 amide bonds. The zero-order valence-corrected chi connectivity index (χ0v) is 17.6. The van der Waals surface area contributed by atoms with Gasteiger partial charge >= 0.3 is 0 Å². The Bertz CT molecular complexity index is 1020. The van der Waals surface area contributed by atoms with Crippen LogP contribution in [0.15, 0.2) is 36.7 Å². The maximum absolute atomic E-state index is 10.3. The van der Waals surface area contributed by atoms with E-state index in [-0.39, 0.29) is 0 Å². The molecule has 1 unspecified atom stereocenters. The predicted octanol–water partition coefficient (Wildman–Crippen LogP) is 5.27. The van der Waals surface area contributed by atoms with Gasteiger partial charge in [0.25, 0.3) is 0 Å². The van der Waals surface area contributed by atoms with Gasteiger partial charge in [-0.3, -0.25) is 4.68 Å². The topological polar surface area (TPSA) is 72.2 Å². The van der Waals surface area contributed by atoms with Gasteiger partial charge in [-0.2, -0.15) is 5.10 Å². The first-order valence-corrected chi connectivity index (χ1v) is 11.1. The van der Waals surface area contributed by atoms with Gasteiger partial charge in [0.1, 0.15) is 5.82 Å². The molecule has 1 aromatic carbocycles. The summed E-state index contributed by atoms with van der Waals surface area (Å²) >= 11 is 0. The van der Waals surface area contributed by atoms with E-state index in [1.54, 1.807) is 0 Å². The maximum Gasteiger partial charge on any atom is 0.184 e. The molecule has 2 fully saturated rings. The number of nitrogens with one attached hydrogen (secondary N) is 1. The van der Waals surface area contributed by atoms with Crippen LogP contribution >= 0.6 is 0 Å². The van der Waals surface area contributed by atoms with Crippen LogP contribution in [0.4, 0.5) is 11.5 Å². The van der Waals surface area contributed by atoms with E-state index in [0.717, 1.165) is 23.5 Å². The van der Waals surface area contributed by atoms with Crippen LogP contribution < -0.4 is 5.32 Å². The highest BCUT2D eigenvalue weighted by atomic mass is 16.6. The van der Waals surface area contributed by atoms with E-state index < -0.39 is 6.29 Å².